The monoisotopic (exact) mass is 480 g/mol. The number of carbonyl (C=O) groups excluding carboxylic acids is 3. The number of methoxy groups -OCH3 is 1. The van der Waals surface area contributed by atoms with Gasteiger partial charge in [-0.25, -0.2) is 4.79 Å². The zero-order chi connectivity index (χ0) is 24.5. The minimum atomic E-state index is -1.67. The molecule has 0 aliphatic carbocycles. The number of carbonyl (C=O) groups is 3. The lowest BCUT2D eigenvalue weighted by Crippen LogP contribution is -2.51. The molecule has 0 heterocycles. The van der Waals surface area contributed by atoms with E-state index < -0.39 is 36.0 Å². The predicted octanol–water partition coefficient (Wildman–Crippen LogP) is 3.07. The third-order valence-corrected chi connectivity index (χ3v) is 5.47. The molecule has 0 aliphatic rings. The molecule has 3 rings (SSSR count). The molecular formula is C26H25ClN2O5. The van der Waals surface area contributed by atoms with Crippen LogP contribution in [0.5, 0.6) is 0 Å². The van der Waals surface area contributed by atoms with Gasteiger partial charge in [-0.15, -0.1) is 0 Å². The van der Waals surface area contributed by atoms with Gasteiger partial charge in [0.05, 0.1) is 13.2 Å². The van der Waals surface area contributed by atoms with Crippen molar-refractivity contribution in [3.63, 3.8) is 0 Å². The molecule has 0 saturated carbocycles. The van der Waals surface area contributed by atoms with Crippen molar-refractivity contribution in [3.8, 4) is 0 Å². The van der Waals surface area contributed by atoms with E-state index in [4.69, 9.17) is 16.3 Å². The standard InChI is InChI=1S/C26H25ClN2O5/c1-34-26(33)21(16-17-12-14-20(27)15-13-17)28-25(32)23(30)22(18-8-4-2-5-9-18)29-24(31)19-10-6-3-7-11-19/h2-15,21-23,30H,16H2,1H3,(H,28,32)(H,29,31)/t21-,22+,23-/m1/s1. The number of aliphatic hydroxyl groups excluding tert-OH is 1. The van der Waals surface area contributed by atoms with E-state index in [1.807, 2.05) is 0 Å². The smallest absolute Gasteiger partial charge is 0.328 e. The normalized spacial score (nSPS) is 13.3. The number of nitrogens with one attached hydrogen (secondary N) is 2. The van der Waals surface area contributed by atoms with E-state index in [9.17, 15) is 19.5 Å². The van der Waals surface area contributed by atoms with E-state index >= 15 is 0 Å². The third-order valence-electron chi connectivity index (χ3n) is 5.22. The summed E-state index contributed by atoms with van der Waals surface area (Å²) >= 11 is 5.91. The third kappa shape index (κ3) is 6.66. The molecule has 0 aliphatic heterocycles. The summed E-state index contributed by atoms with van der Waals surface area (Å²) in [7, 11) is 1.21. The first-order valence-corrected chi connectivity index (χ1v) is 11.0. The quantitative estimate of drug-likeness (QED) is 0.408. The Labute approximate surface area is 202 Å². The molecule has 0 radical (unpaired) electrons. The van der Waals surface area contributed by atoms with Gasteiger partial charge in [-0.05, 0) is 35.4 Å². The van der Waals surface area contributed by atoms with E-state index in [-0.39, 0.29) is 6.42 Å². The lowest BCUT2D eigenvalue weighted by Gasteiger charge is -2.26. The largest absolute Gasteiger partial charge is 0.467 e. The molecule has 0 unspecified atom stereocenters. The number of halogens is 1. The van der Waals surface area contributed by atoms with E-state index in [0.717, 1.165) is 5.56 Å². The van der Waals surface area contributed by atoms with Crippen molar-refractivity contribution in [3.05, 3.63) is 107 Å². The molecule has 3 aromatic rings. The summed E-state index contributed by atoms with van der Waals surface area (Å²) in [5.41, 5.74) is 1.65. The Morgan fingerprint density at radius 1 is 0.882 bits per heavy atom. The summed E-state index contributed by atoms with van der Waals surface area (Å²) < 4.78 is 4.83. The highest BCUT2D eigenvalue weighted by Gasteiger charge is 2.32. The summed E-state index contributed by atoms with van der Waals surface area (Å²) in [6.45, 7) is 0. The number of ether oxygens (including phenoxy) is 1. The van der Waals surface area contributed by atoms with E-state index in [1.54, 1.807) is 84.9 Å². The average Bonchev–Trinajstić information content (AvgIpc) is 2.88. The molecule has 3 aromatic carbocycles. The maximum Gasteiger partial charge on any atom is 0.328 e. The van der Waals surface area contributed by atoms with Crippen LogP contribution in [0.15, 0.2) is 84.9 Å². The molecule has 0 fully saturated rings. The van der Waals surface area contributed by atoms with Gasteiger partial charge < -0.3 is 20.5 Å². The maximum atomic E-state index is 13.0. The first-order valence-electron chi connectivity index (χ1n) is 10.6. The van der Waals surface area contributed by atoms with Crippen LogP contribution in [0.4, 0.5) is 0 Å². The molecule has 34 heavy (non-hydrogen) atoms. The number of esters is 1. The van der Waals surface area contributed by atoms with Crippen LogP contribution in [0.1, 0.15) is 27.5 Å². The highest BCUT2D eigenvalue weighted by Crippen LogP contribution is 2.19. The number of hydrogen-bond donors (Lipinski definition) is 3. The van der Waals surface area contributed by atoms with E-state index in [1.165, 1.54) is 7.11 Å². The molecule has 7 nitrogen and oxygen atoms in total. The Morgan fingerprint density at radius 3 is 2.06 bits per heavy atom. The van der Waals surface area contributed by atoms with Crippen LogP contribution in [0.3, 0.4) is 0 Å². The Balaban J connectivity index is 1.80. The highest BCUT2D eigenvalue weighted by molar-refractivity contribution is 6.30. The minimum Gasteiger partial charge on any atom is -0.467 e. The SMILES string of the molecule is COC(=O)[C@@H](Cc1ccc(Cl)cc1)NC(=O)[C@H](O)[C@@H](NC(=O)c1ccccc1)c1ccccc1. The first kappa shape index (κ1) is 25.0. The van der Waals surface area contributed by atoms with E-state index in [0.29, 0.717) is 16.1 Å². The lowest BCUT2D eigenvalue weighted by molar-refractivity contribution is -0.146. The highest BCUT2D eigenvalue weighted by atomic mass is 35.5. The van der Waals surface area contributed by atoms with Crippen LogP contribution in [-0.4, -0.2) is 42.1 Å². The summed E-state index contributed by atoms with van der Waals surface area (Å²) in [4.78, 5) is 38.1. The second-order valence-corrected chi connectivity index (χ2v) is 8.02. The summed E-state index contributed by atoms with van der Waals surface area (Å²) in [6.07, 6.45) is -1.54. The van der Waals surface area contributed by atoms with Gasteiger partial charge >= 0.3 is 5.97 Å². The fraction of sp³-hybridized carbons (Fsp3) is 0.192. The van der Waals surface area contributed by atoms with Gasteiger partial charge in [-0.2, -0.15) is 0 Å². The Bertz CT molecular complexity index is 1110. The van der Waals surface area contributed by atoms with Crippen LogP contribution in [0.2, 0.25) is 5.02 Å². The number of rotatable bonds is 9. The van der Waals surface area contributed by atoms with Crippen molar-refractivity contribution in [1.82, 2.24) is 10.6 Å². The van der Waals surface area contributed by atoms with Crippen molar-refractivity contribution in [1.29, 1.82) is 0 Å². The number of hydrogen-bond acceptors (Lipinski definition) is 5. The van der Waals surface area contributed by atoms with Crippen molar-refractivity contribution >= 4 is 29.4 Å². The molecule has 3 atom stereocenters. The van der Waals surface area contributed by atoms with Gasteiger partial charge in [0.1, 0.15) is 6.04 Å². The van der Waals surface area contributed by atoms with Crippen molar-refractivity contribution in [2.24, 2.45) is 0 Å². The fourth-order valence-corrected chi connectivity index (χ4v) is 3.55. The molecule has 3 N–H and O–H groups in total. The predicted molar refractivity (Wildman–Crippen MR) is 128 cm³/mol. The molecular weight excluding hydrogens is 456 g/mol. The summed E-state index contributed by atoms with van der Waals surface area (Å²) in [5, 5.41) is 16.7. The Kier molecular flexibility index (Phi) is 8.79. The molecule has 2 amide bonds. The first-order chi connectivity index (χ1) is 16.4. The zero-order valence-corrected chi connectivity index (χ0v) is 19.2. The van der Waals surface area contributed by atoms with Gasteiger partial charge in [0.15, 0.2) is 6.10 Å². The Morgan fingerprint density at radius 2 is 1.47 bits per heavy atom. The lowest BCUT2D eigenvalue weighted by atomic mass is 9.99. The van der Waals surface area contributed by atoms with Gasteiger partial charge in [0.25, 0.3) is 11.8 Å². The van der Waals surface area contributed by atoms with Crippen molar-refractivity contribution in [2.75, 3.05) is 7.11 Å². The van der Waals surface area contributed by atoms with Gasteiger partial charge in [0, 0.05) is 17.0 Å². The zero-order valence-electron chi connectivity index (χ0n) is 18.5. The van der Waals surface area contributed by atoms with Crippen molar-refractivity contribution in [2.45, 2.75) is 24.6 Å². The van der Waals surface area contributed by atoms with Crippen LogP contribution < -0.4 is 10.6 Å². The molecule has 176 valence electrons. The number of benzene rings is 3. The van der Waals surface area contributed by atoms with Gasteiger partial charge in [-0.3, -0.25) is 9.59 Å². The molecule has 0 spiro atoms. The molecule has 0 aromatic heterocycles. The van der Waals surface area contributed by atoms with Gasteiger partial charge in [0.2, 0.25) is 0 Å². The topological polar surface area (TPSA) is 105 Å². The van der Waals surface area contributed by atoms with Gasteiger partial charge in [-0.1, -0.05) is 72.3 Å². The summed E-state index contributed by atoms with van der Waals surface area (Å²) in [5.74, 6) is -1.95. The van der Waals surface area contributed by atoms with Crippen LogP contribution in [-0.2, 0) is 20.7 Å². The van der Waals surface area contributed by atoms with Crippen LogP contribution in [0.25, 0.3) is 0 Å². The fourth-order valence-electron chi connectivity index (χ4n) is 3.42. The van der Waals surface area contributed by atoms with Crippen LogP contribution in [0, 0.1) is 0 Å². The number of amides is 2. The molecule has 0 saturated heterocycles. The van der Waals surface area contributed by atoms with Crippen LogP contribution >= 0.6 is 11.6 Å². The average molecular weight is 481 g/mol. The van der Waals surface area contributed by atoms with Crippen molar-refractivity contribution < 1.29 is 24.2 Å². The second kappa shape index (κ2) is 12.0. The maximum absolute atomic E-state index is 13.0. The molecule has 0 bridgehead atoms. The second-order valence-electron chi connectivity index (χ2n) is 7.59. The summed E-state index contributed by atoms with van der Waals surface area (Å²) in [6, 6.07) is 21.8. The minimum absolute atomic E-state index is 0.134. The molecule has 8 heteroatoms. The number of aliphatic hydroxyl groups is 1. The Hall–Kier alpha value is -3.68. The van der Waals surface area contributed by atoms with E-state index in [2.05, 4.69) is 10.6 Å².